The van der Waals surface area contributed by atoms with Crippen molar-refractivity contribution < 1.29 is 9.53 Å². The van der Waals surface area contributed by atoms with E-state index in [0.717, 1.165) is 48.0 Å². The highest BCUT2D eigenvalue weighted by atomic mass is 35.5. The molecule has 2 aliphatic heterocycles. The third-order valence-corrected chi connectivity index (χ3v) is 5.09. The average molecular weight is 376 g/mol. The van der Waals surface area contributed by atoms with E-state index in [1.807, 2.05) is 24.3 Å². The summed E-state index contributed by atoms with van der Waals surface area (Å²) in [4.78, 5) is 14.8. The van der Waals surface area contributed by atoms with Crippen LogP contribution in [-0.4, -0.2) is 55.0 Å². The minimum Gasteiger partial charge on any atom is -0.373 e. The van der Waals surface area contributed by atoms with E-state index in [1.54, 1.807) is 0 Å². The summed E-state index contributed by atoms with van der Waals surface area (Å²) in [5, 5.41) is 14.1. The van der Waals surface area contributed by atoms with Crippen molar-refractivity contribution in [2.45, 2.75) is 19.1 Å². The molecule has 0 bridgehead atoms. The maximum atomic E-state index is 12.5. The van der Waals surface area contributed by atoms with Crippen molar-refractivity contribution in [3.8, 4) is 0 Å². The molecular formula is C18H22ClN5O2. The molecule has 3 heterocycles. The molecule has 1 fully saturated rings. The second kappa shape index (κ2) is 7.65. The number of amides is 1. The van der Waals surface area contributed by atoms with Crippen LogP contribution in [0.25, 0.3) is 0 Å². The van der Waals surface area contributed by atoms with E-state index >= 15 is 0 Å². The van der Waals surface area contributed by atoms with E-state index < -0.39 is 0 Å². The molecule has 0 aliphatic carbocycles. The standard InChI is InChI=1S/C18H22ClN5O2/c19-12-1-3-13(4-2-12)24-7-8-26-14(11-24)9-21-18(25)17-15-10-20-6-5-16(15)22-23-17/h1-4,14,20H,5-11H2,(H,21,25)(H,22,23). The molecule has 138 valence electrons. The van der Waals surface area contributed by atoms with Crippen molar-refractivity contribution in [3.05, 3.63) is 46.2 Å². The lowest BCUT2D eigenvalue weighted by Crippen LogP contribution is -2.47. The minimum atomic E-state index is -0.154. The van der Waals surface area contributed by atoms with Crippen molar-refractivity contribution in [2.75, 3.05) is 37.7 Å². The van der Waals surface area contributed by atoms with Crippen LogP contribution < -0.4 is 15.5 Å². The van der Waals surface area contributed by atoms with Gasteiger partial charge in [-0.15, -0.1) is 0 Å². The number of nitrogens with zero attached hydrogens (tertiary/aromatic N) is 2. The van der Waals surface area contributed by atoms with Crippen molar-refractivity contribution in [1.29, 1.82) is 0 Å². The number of rotatable bonds is 4. The number of carbonyl (C=O) groups excluding carboxylic acids is 1. The van der Waals surface area contributed by atoms with Crippen molar-refractivity contribution in [1.82, 2.24) is 20.8 Å². The van der Waals surface area contributed by atoms with Crippen LogP contribution in [0.3, 0.4) is 0 Å². The number of ether oxygens (including phenoxy) is 1. The summed E-state index contributed by atoms with van der Waals surface area (Å²) in [5.41, 5.74) is 3.62. The fraction of sp³-hybridized carbons (Fsp3) is 0.444. The fourth-order valence-electron chi connectivity index (χ4n) is 3.43. The van der Waals surface area contributed by atoms with Crippen molar-refractivity contribution in [2.24, 2.45) is 0 Å². The smallest absolute Gasteiger partial charge is 0.272 e. The zero-order valence-electron chi connectivity index (χ0n) is 14.4. The number of hydrogen-bond donors (Lipinski definition) is 3. The number of H-pyrrole nitrogens is 1. The van der Waals surface area contributed by atoms with E-state index in [4.69, 9.17) is 16.3 Å². The lowest BCUT2D eigenvalue weighted by molar-refractivity contribution is 0.0396. The van der Waals surface area contributed by atoms with E-state index in [2.05, 4.69) is 25.7 Å². The highest BCUT2D eigenvalue weighted by molar-refractivity contribution is 6.30. The van der Waals surface area contributed by atoms with E-state index in [9.17, 15) is 4.79 Å². The van der Waals surface area contributed by atoms with Crippen LogP contribution in [0.1, 0.15) is 21.7 Å². The normalized spacial score (nSPS) is 19.9. The van der Waals surface area contributed by atoms with Crippen molar-refractivity contribution in [3.63, 3.8) is 0 Å². The van der Waals surface area contributed by atoms with Gasteiger partial charge >= 0.3 is 0 Å². The number of nitrogens with one attached hydrogen (secondary N) is 3. The van der Waals surface area contributed by atoms with Gasteiger partial charge in [-0.05, 0) is 24.3 Å². The monoisotopic (exact) mass is 375 g/mol. The summed E-state index contributed by atoms with van der Waals surface area (Å²) >= 11 is 5.96. The van der Waals surface area contributed by atoms with Gasteiger partial charge in [-0.1, -0.05) is 11.6 Å². The maximum Gasteiger partial charge on any atom is 0.272 e. The first-order chi connectivity index (χ1) is 12.7. The number of benzene rings is 1. The average Bonchev–Trinajstić information content (AvgIpc) is 3.11. The molecule has 1 aromatic heterocycles. The first-order valence-corrected chi connectivity index (χ1v) is 9.25. The Morgan fingerprint density at radius 1 is 1.38 bits per heavy atom. The Morgan fingerprint density at radius 3 is 3.08 bits per heavy atom. The summed E-state index contributed by atoms with van der Waals surface area (Å²) in [6, 6.07) is 7.79. The Bertz CT molecular complexity index is 776. The number of aromatic nitrogens is 2. The fourth-order valence-corrected chi connectivity index (χ4v) is 3.56. The summed E-state index contributed by atoms with van der Waals surface area (Å²) in [7, 11) is 0. The second-order valence-electron chi connectivity index (χ2n) is 6.58. The lowest BCUT2D eigenvalue weighted by Gasteiger charge is -2.34. The van der Waals surface area contributed by atoms with Crippen LogP contribution in [0.4, 0.5) is 5.69 Å². The molecule has 0 radical (unpaired) electrons. The summed E-state index contributed by atoms with van der Waals surface area (Å²) in [6.45, 7) is 4.22. The SMILES string of the molecule is O=C(NCC1CN(c2ccc(Cl)cc2)CCO1)c1n[nH]c2c1CNCC2. The largest absolute Gasteiger partial charge is 0.373 e. The molecule has 7 nitrogen and oxygen atoms in total. The van der Waals surface area contributed by atoms with E-state index in [0.29, 0.717) is 25.4 Å². The Kier molecular flexibility index (Phi) is 5.10. The highest BCUT2D eigenvalue weighted by Gasteiger charge is 2.24. The molecule has 0 saturated carbocycles. The van der Waals surface area contributed by atoms with Gasteiger partial charge in [0, 0.05) is 61.1 Å². The Hall–Kier alpha value is -2.09. The summed E-state index contributed by atoms with van der Waals surface area (Å²) in [6.07, 6.45) is 0.813. The van der Waals surface area contributed by atoms with Gasteiger partial charge in [0.05, 0.1) is 12.7 Å². The third-order valence-electron chi connectivity index (χ3n) is 4.84. The van der Waals surface area contributed by atoms with E-state index in [1.165, 1.54) is 0 Å². The van der Waals surface area contributed by atoms with E-state index in [-0.39, 0.29) is 12.0 Å². The second-order valence-corrected chi connectivity index (χ2v) is 7.02. The molecule has 26 heavy (non-hydrogen) atoms. The van der Waals surface area contributed by atoms with Gasteiger partial charge in [0.15, 0.2) is 5.69 Å². The Labute approximate surface area is 157 Å². The predicted octanol–water partition coefficient (Wildman–Crippen LogP) is 1.34. The number of halogens is 1. The van der Waals surface area contributed by atoms with Gasteiger partial charge in [0.1, 0.15) is 0 Å². The molecule has 2 aliphatic rings. The number of aromatic amines is 1. The molecule has 1 saturated heterocycles. The zero-order valence-corrected chi connectivity index (χ0v) is 15.2. The minimum absolute atomic E-state index is 0.0590. The molecule has 1 aromatic carbocycles. The molecule has 3 N–H and O–H groups in total. The molecule has 1 unspecified atom stereocenters. The molecule has 1 atom stereocenters. The van der Waals surface area contributed by atoms with Crippen molar-refractivity contribution >= 4 is 23.2 Å². The highest BCUT2D eigenvalue weighted by Crippen LogP contribution is 2.20. The molecule has 8 heteroatoms. The number of fused-ring (bicyclic) bond motifs is 1. The van der Waals surface area contributed by atoms with Crippen LogP contribution in [0.2, 0.25) is 5.02 Å². The molecular weight excluding hydrogens is 354 g/mol. The maximum absolute atomic E-state index is 12.5. The zero-order chi connectivity index (χ0) is 17.9. The number of carbonyl (C=O) groups is 1. The third kappa shape index (κ3) is 3.70. The van der Waals surface area contributed by atoms with Crippen LogP contribution in [0.15, 0.2) is 24.3 Å². The topological polar surface area (TPSA) is 82.3 Å². The van der Waals surface area contributed by atoms with Gasteiger partial charge in [0.2, 0.25) is 0 Å². The first-order valence-electron chi connectivity index (χ1n) is 8.88. The van der Waals surface area contributed by atoms with Crippen LogP contribution in [0, 0.1) is 0 Å². The van der Waals surface area contributed by atoms with Crippen LogP contribution in [-0.2, 0) is 17.7 Å². The van der Waals surface area contributed by atoms with Crippen LogP contribution >= 0.6 is 11.6 Å². The molecule has 1 amide bonds. The number of anilines is 1. The first kappa shape index (κ1) is 17.3. The van der Waals surface area contributed by atoms with Crippen LogP contribution in [0.5, 0.6) is 0 Å². The molecule has 2 aromatic rings. The summed E-state index contributed by atoms with van der Waals surface area (Å²) < 4.78 is 5.81. The number of morpholine rings is 1. The lowest BCUT2D eigenvalue weighted by atomic mass is 10.1. The van der Waals surface area contributed by atoms with Gasteiger partial charge in [-0.25, -0.2) is 0 Å². The molecule has 4 rings (SSSR count). The quantitative estimate of drug-likeness (QED) is 0.751. The Morgan fingerprint density at radius 2 is 2.23 bits per heavy atom. The molecule has 0 spiro atoms. The van der Waals surface area contributed by atoms with Gasteiger partial charge in [0.25, 0.3) is 5.91 Å². The Balaban J connectivity index is 1.35. The van der Waals surface area contributed by atoms with Gasteiger partial charge in [-0.3, -0.25) is 9.89 Å². The predicted molar refractivity (Wildman–Crippen MR) is 99.7 cm³/mol. The number of hydrogen-bond acceptors (Lipinski definition) is 5. The van der Waals surface area contributed by atoms with Gasteiger partial charge < -0.3 is 20.3 Å². The van der Waals surface area contributed by atoms with Gasteiger partial charge in [-0.2, -0.15) is 5.10 Å². The summed E-state index contributed by atoms with van der Waals surface area (Å²) in [5.74, 6) is -0.154.